The van der Waals surface area contributed by atoms with Gasteiger partial charge in [-0.25, -0.2) is 4.79 Å². The van der Waals surface area contributed by atoms with E-state index < -0.39 is 0 Å². The van der Waals surface area contributed by atoms with Crippen molar-refractivity contribution in [2.24, 2.45) is 0 Å². The lowest BCUT2D eigenvalue weighted by molar-refractivity contribution is 0.193. The van der Waals surface area contributed by atoms with E-state index >= 15 is 0 Å². The molecule has 0 saturated carbocycles. The van der Waals surface area contributed by atoms with Crippen molar-refractivity contribution in [1.82, 2.24) is 4.90 Å². The van der Waals surface area contributed by atoms with Gasteiger partial charge in [0.1, 0.15) is 5.75 Å². The van der Waals surface area contributed by atoms with E-state index in [-0.39, 0.29) is 12.1 Å². The molecule has 0 aliphatic carbocycles. The van der Waals surface area contributed by atoms with E-state index in [9.17, 15) is 4.79 Å². The Bertz CT molecular complexity index is 1120. The van der Waals surface area contributed by atoms with Crippen molar-refractivity contribution >= 4 is 23.3 Å². The first-order chi connectivity index (χ1) is 15.5. The Labute approximate surface area is 192 Å². The summed E-state index contributed by atoms with van der Waals surface area (Å²) in [6.07, 6.45) is 0.687. The van der Waals surface area contributed by atoms with Gasteiger partial charge in [-0.15, -0.1) is 0 Å². The van der Waals surface area contributed by atoms with Crippen LogP contribution in [0.3, 0.4) is 0 Å². The average molecular weight is 453 g/mol. The zero-order chi connectivity index (χ0) is 22.7. The molecule has 6 nitrogen and oxygen atoms in total. The molecular formula is C25H25ClN2O4. The molecule has 1 aliphatic rings. The van der Waals surface area contributed by atoms with Gasteiger partial charge in [0.15, 0.2) is 11.5 Å². The Kier molecular flexibility index (Phi) is 6.42. The number of methoxy groups -OCH3 is 3. The molecule has 1 heterocycles. The molecule has 0 aromatic heterocycles. The van der Waals surface area contributed by atoms with Gasteiger partial charge in [-0.3, -0.25) is 0 Å². The van der Waals surface area contributed by atoms with E-state index in [1.54, 1.807) is 26.2 Å². The highest BCUT2D eigenvalue weighted by Crippen LogP contribution is 2.42. The minimum atomic E-state index is -0.370. The third kappa shape index (κ3) is 4.18. The van der Waals surface area contributed by atoms with Gasteiger partial charge in [-0.2, -0.15) is 0 Å². The molecule has 2 amide bonds. The summed E-state index contributed by atoms with van der Waals surface area (Å²) in [5.74, 6) is 2.01. The summed E-state index contributed by atoms with van der Waals surface area (Å²) in [5, 5.41) is 3.60. The summed E-state index contributed by atoms with van der Waals surface area (Å²) >= 11 is 6.59. The van der Waals surface area contributed by atoms with Gasteiger partial charge < -0.3 is 24.4 Å². The van der Waals surface area contributed by atoms with E-state index in [4.69, 9.17) is 25.8 Å². The fraction of sp³-hybridized carbons (Fsp3) is 0.240. The monoisotopic (exact) mass is 452 g/mol. The zero-order valence-electron chi connectivity index (χ0n) is 18.2. The third-order valence-corrected chi connectivity index (χ3v) is 6.02. The Morgan fingerprint density at radius 2 is 1.62 bits per heavy atom. The summed E-state index contributed by atoms with van der Waals surface area (Å²) in [6.45, 7) is 0.528. The first-order valence-electron chi connectivity index (χ1n) is 10.3. The number of carbonyl (C=O) groups is 1. The first kappa shape index (κ1) is 21.8. The van der Waals surface area contributed by atoms with E-state index in [1.807, 2.05) is 60.7 Å². The smallest absolute Gasteiger partial charge is 0.322 e. The van der Waals surface area contributed by atoms with Crippen LogP contribution in [-0.2, 0) is 6.42 Å². The maximum atomic E-state index is 13.4. The van der Waals surface area contributed by atoms with Gasteiger partial charge in [-0.1, -0.05) is 29.8 Å². The second-order valence-corrected chi connectivity index (χ2v) is 7.84. The molecule has 4 rings (SSSR count). The average Bonchev–Trinajstić information content (AvgIpc) is 2.83. The number of amides is 2. The van der Waals surface area contributed by atoms with E-state index in [1.165, 1.54) is 0 Å². The predicted molar refractivity (Wildman–Crippen MR) is 125 cm³/mol. The number of benzene rings is 3. The van der Waals surface area contributed by atoms with Crippen LogP contribution >= 0.6 is 11.6 Å². The predicted octanol–water partition coefficient (Wildman–Crippen LogP) is 5.55. The largest absolute Gasteiger partial charge is 0.497 e. The highest BCUT2D eigenvalue weighted by molar-refractivity contribution is 6.31. The molecule has 0 radical (unpaired) electrons. The van der Waals surface area contributed by atoms with Crippen molar-refractivity contribution < 1.29 is 19.0 Å². The normalized spacial score (nSPS) is 15.0. The molecule has 166 valence electrons. The summed E-state index contributed by atoms with van der Waals surface area (Å²) in [5.41, 5.74) is 3.60. The summed E-state index contributed by atoms with van der Waals surface area (Å²) in [6, 6.07) is 18.2. The van der Waals surface area contributed by atoms with Crippen molar-refractivity contribution in [3.05, 3.63) is 82.4 Å². The fourth-order valence-corrected chi connectivity index (χ4v) is 4.31. The number of anilines is 1. The minimum absolute atomic E-state index is 0.208. The quantitative estimate of drug-likeness (QED) is 0.551. The number of nitrogens with zero attached hydrogens (tertiary/aromatic N) is 1. The molecule has 0 fully saturated rings. The van der Waals surface area contributed by atoms with Crippen LogP contribution in [0.1, 0.15) is 22.7 Å². The van der Waals surface area contributed by atoms with E-state index in [0.717, 1.165) is 22.4 Å². The molecule has 3 aromatic carbocycles. The standard InChI is InChI=1S/C25H25ClN2O4/c1-30-18-10-8-17(9-11-18)27-25(29)28-13-12-16-14-22(31-2)23(32-3)15-20(16)24(28)19-6-4-5-7-21(19)26/h4-11,14-15,24H,12-13H2,1-3H3,(H,27,29)/t24-/m1/s1. The maximum Gasteiger partial charge on any atom is 0.322 e. The number of nitrogens with one attached hydrogen (secondary N) is 1. The Morgan fingerprint density at radius 1 is 0.938 bits per heavy atom. The molecule has 1 N–H and O–H groups in total. The van der Waals surface area contributed by atoms with Gasteiger partial charge in [-0.05, 0) is 65.6 Å². The van der Waals surface area contributed by atoms with E-state index in [2.05, 4.69) is 5.32 Å². The number of halogens is 1. The van der Waals surface area contributed by atoms with Crippen LogP contribution in [-0.4, -0.2) is 38.8 Å². The summed E-state index contributed by atoms with van der Waals surface area (Å²) < 4.78 is 16.2. The zero-order valence-corrected chi connectivity index (χ0v) is 19.0. The lowest BCUT2D eigenvalue weighted by Crippen LogP contribution is -2.43. The highest BCUT2D eigenvalue weighted by atomic mass is 35.5. The van der Waals surface area contributed by atoms with Crippen LogP contribution < -0.4 is 19.5 Å². The minimum Gasteiger partial charge on any atom is -0.497 e. The molecule has 0 bridgehead atoms. The SMILES string of the molecule is COc1ccc(NC(=O)N2CCc3cc(OC)c(OC)cc3[C@H]2c2ccccc2Cl)cc1. The Hall–Kier alpha value is -3.38. The fourth-order valence-electron chi connectivity index (χ4n) is 4.07. The molecule has 1 atom stereocenters. The number of ether oxygens (including phenoxy) is 3. The lowest BCUT2D eigenvalue weighted by atomic mass is 9.87. The van der Waals surface area contributed by atoms with Gasteiger partial charge >= 0.3 is 6.03 Å². The van der Waals surface area contributed by atoms with Crippen LogP contribution in [0, 0.1) is 0 Å². The van der Waals surface area contributed by atoms with Gasteiger partial charge in [0.25, 0.3) is 0 Å². The van der Waals surface area contributed by atoms with Crippen LogP contribution in [0.25, 0.3) is 0 Å². The molecule has 0 unspecified atom stereocenters. The summed E-state index contributed by atoms with van der Waals surface area (Å²) in [4.78, 5) is 15.2. The van der Waals surface area contributed by atoms with Gasteiger partial charge in [0.05, 0.1) is 27.4 Å². The molecule has 1 aliphatic heterocycles. The number of hydrogen-bond donors (Lipinski definition) is 1. The molecule has 7 heteroatoms. The van der Waals surface area contributed by atoms with Crippen LogP contribution in [0.5, 0.6) is 17.2 Å². The van der Waals surface area contributed by atoms with Crippen molar-refractivity contribution in [2.75, 3.05) is 33.2 Å². The van der Waals surface area contributed by atoms with Crippen molar-refractivity contribution in [3.63, 3.8) is 0 Å². The second kappa shape index (κ2) is 9.40. The van der Waals surface area contributed by atoms with Gasteiger partial charge in [0, 0.05) is 17.3 Å². The second-order valence-electron chi connectivity index (χ2n) is 7.43. The van der Waals surface area contributed by atoms with Crippen molar-refractivity contribution in [1.29, 1.82) is 0 Å². The number of rotatable bonds is 5. The Morgan fingerprint density at radius 3 is 2.28 bits per heavy atom. The lowest BCUT2D eigenvalue weighted by Gasteiger charge is -2.38. The van der Waals surface area contributed by atoms with Gasteiger partial charge in [0.2, 0.25) is 0 Å². The molecular weight excluding hydrogens is 428 g/mol. The van der Waals surface area contributed by atoms with Crippen LogP contribution in [0.2, 0.25) is 5.02 Å². The molecule has 0 spiro atoms. The van der Waals surface area contributed by atoms with Crippen molar-refractivity contribution in [2.45, 2.75) is 12.5 Å². The van der Waals surface area contributed by atoms with Crippen LogP contribution in [0.15, 0.2) is 60.7 Å². The van der Waals surface area contributed by atoms with Crippen LogP contribution in [0.4, 0.5) is 10.5 Å². The maximum absolute atomic E-state index is 13.4. The van der Waals surface area contributed by atoms with Crippen molar-refractivity contribution in [3.8, 4) is 17.2 Å². The topological polar surface area (TPSA) is 60.0 Å². The molecule has 0 saturated heterocycles. The number of hydrogen-bond acceptors (Lipinski definition) is 4. The number of urea groups is 1. The van der Waals surface area contributed by atoms with E-state index in [0.29, 0.717) is 35.2 Å². The molecule has 3 aromatic rings. The highest BCUT2D eigenvalue weighted by Gasteiger charge is 2.34. The number of carbonyl (C=O) groups excluding carboxylic acids is 1. The third-order valence-electron chi connectivity index (χ3n) is 5.68. The Balaban J connectivity index is 1.75. The summed E-state index contributed by atoms with van der Waals surface area (Å²) in [7, 11) is 4.83. The number of fused-ring (bicyclic) bond motifs is 1. The first-order valence-corrected chi connectivity index (χ1v) is 10.6. The molecule has 32 heavy (non-hydrogen) atoms.